The van der Waals surface area contributed by atoms with E-state index in [0.29, 0.717) is 17.3 Å². The number of benzene rings is 2. The van der Waals surface area contributed by atoms with Crippen molar-refractivity contribution in [1.82, 2.24) is 0 Å². The molecule has 3 rings (SSSR count). The van der Waals surface area contributed by atoms with Gasteiger partial charge in [-0.2, -0.15) is 0 Å². The van der Waals surface area contributed by atoms with Crippen molar-refractivity contribution in [2.24, 2.45) is 5.92 Å². The lowest BCUT2D eigenvalue weighted by atomic mass is 10.1. The Kier molecular flexibility index (Phi) is 5.39. The van der Waals surface area contributed by atoms with Gasteiger partial charge in [-0.1, -0.05) is 17.7 Å². The van der Waals surface area contributed by atoms with Crippen LogP contribution in [0, 0.1) is 26.7 Å². The number of halogens is 2. The average molecular weight is 436 g/mol. The van der Waals surface area contributed by atoms with E-state index >= 15 is 0 Å². The molecule has 1 N–H and O–H groups in total. The van der Waals surface area contributed by atoms with E-state index in [1.165, 1.54) is 0 Å². The van der Waals surface area contributed by atoms with Crippen molar-refractivity contribution in [2.45, 2.75) is 27.2 Å². The molecule has 1 aliphatic rings. The second kappa shape index (κ2) is 7.41. The lowest BCUT2D eigenvalue weighted by molar-refractivity contribution is -0.122. The van der Waals surface area contributed by atoms with Gasteiger partial charge in [-0.05, 0) is 77.7 Å². The summed E-state index contributed by atoms with van der Waals surface area (Å²) < 4.78 is 0.784. The molecule has 0 aliphatic carbocycles. The predicted molar refractivity (Wildman–Crippen MR) is 109 cm³/mol. The summed E-state index contributed by atoms with van der Waals surface area (Å²) in [6.07, 6.45) is 0.210. The number of carbonyl (C=O) groups is 2. The van der Waals surface area contributed by atoms with Crippen LogP contribution in [0.1, 0.15) is 23.1 Å². The van der Waals surface area contributed by atoms with Gasteiger partial charge in [0.15, 0.2) is 0 Å². The van der Waals surface area contributed by atoms with Gasteiger partial charge in [0.1, 0.15) is 0 Å². The molecule has 1 atom stereocenters. The maximum Gasteiger partial charge on any atom is 0.229 e. The van der Waals surface area contributed by atoms with Crippen LogP contribution in [0.15, 0.2) is 34.8 Å². The molecule has 4 nitrogen and oxygen atoms in total. The first-order valence-corrected chi connectivity index (χ1v) is 9.57. The van der Waals surface area contributed by atoms with Crippen molar-refractivity contribution in [1.29, 1.82) is 0 Å². The molecule has 2 amide bonds. The highest BCUT2D eigenvalue weighted by atomic mass is 79.9. The summed E-state index contributed by atoms with van der Waals surface area (Å²) in [5.41, 5.74) is 4.62. The zero-order chi connectivity index (χ0) is 19.0. The summed E-state index contributed by atoms with van der Waals surface area (Å²) in [6.45, 7) is 6.29. The number of hydrogen-bond donors (Lipinski definition) is 1. The van der Waals surface area contributed by atoms with Crippen LogP contribution in [0.5, 0.6) is 0 Å². The highest BCUT2D eigenvalue weighted by Gasteiger charge is 2.35. The molecule has 1 aliphatic heterocycles. The van der Waals surface area contributed by atoms with Gasteiger partial charge in [-0.25, -0.2) is 0 Å². The van der Waals surface area contributed by atoms with Crippen LogP contribution in [0.2, 0.25) is 5.02 Å². The first-order chi connectivity index (χ1) is 12.2. The van der Waals surface area contributed by atoms with Gasteiger partial charge in [-0.15, -0.1) is 0 Å². The Hall–Kier alpha value is -1.85. The molecule has 1 heterocycles. The molecule has 0 saturated carbocycles. The zero-order valence-corrected chi connectivity index (χ0v) is 17.2. The van der Waals surface area contributed by atoms with E-state index in [4.69, 9.17) is 11.6 Å². The van der Waals surface area contributed by atoms with Crippen LogP contribution in [0.25, 0.3) is 0 Å². The van der Waals surface area contributed by atoms with Crippen LogP contribution < -0.4 is 10.2 Å². The van der Waals surface area contributed by atoms with E-state index in [9.17, 15) is 9.59 Å². The van der Waals surface area contributed by atoms with Crippen LogP contribution in [-0.2, 0) is 9.59 Å². The fraction of sp³-hybridized carbons (Fsp3) is 0.300. The molecular weight excluding hydrogens is 416 g/mol. The number of carbonyl (C=O) groups excluding carboxylic acids is 2. The molecule has 1 saturated heterocycles. The highest BCUT2D eigenvalue weighted by molar-refractivity contribution is 9.10. The second-order valence-corrected chi connectivity index (χ2v) is 8.08. The monoisotopic (exact) mass is 434 g/mol. The fourth-order valence-electron chi connectivity index (χ4n) is 3.25. The van der Waals surface area contributed by atoms with Gasteiger partial charge in [0.25, 0.3) is 0 Å². The topological polar surface area (TPSA) is 49.4 Å². The summed E-state index contributed by atoms with van der Waals surface area (Å²) in [5.74, 6) is -0.572. The molecule has 136 valence electrons. The molecule has 0 unspecified atom stereocenters. The molecule has 26 heavy (non-hydrogen) atoms. The normalized spacial score (nSPS) is 16.9. The Balaban J connectivity index is 1.76. The van der Waals surface area contributed by atoms with Gasteiger partial charge < -0.3 is 10.2 Å². The predicted octanol–water partition coefficient (Wildman–Crippen LogP) is 5.02. The molecule has 1 fully saturated rings. The van der Waals surface area contributed by atoms with Crippen molar-refractivity contribution in [3.8, 4) is 0 Å². The first-order valence-electron chi connectivity index (χ1n) is 8.40. The van der Waals surface area contributed by atoms with Crippen LogP contribution >= 0.6 is 27.5 Å². The smallest absolute Gasteiger partial charge is 0.229 e. The molecular formula is C20H20BrClN2O2. The number of aryl methyl sites for hydroxylation is 3. The Labute approximate surface area is 166 Å². The zero-order valence-electron chi connectivity index (χ0n) is 14.9. The SMILES string of the molecule is Cc1cc(C)cc(N2C[C@H](C(=O)Nc3cc(Cl)c(Br)cc3C)CC2=O)c1. The Bertz CT molecular complexity index is 877. The minimum Gasteiger partial charge on any atom is -0.325 e. The highest BCUT2D eigenvalue weighted by Crippen LogP contribution is 2.31. The standard InChI is InChI=1S/C20H20BrClN2O2/c1-11-4-12(2)6-15(5-11)24-10-14(8-19(24)25)20(26)23-18-9-17(22)16(21)7-13(18)3/h4-7,9,14H,8,10H2,1-3H3,(H,23,26)/t14-/m1/s1. The third-order valence-electron chi connectivity index (χ3n) is 4.54. The number of rotatable bonds is 3. The van der Waals surface area contributed by atoms with Crippen molar-refractivity contribution >= 4 is 50.7 Å². The molecule has 0 spiro atoms. The van der Waals surface area contributed by atoms with Gasteiger partial charge in [0, 0.05) is 28.8 Å². The van der Waals surface area contributed by atoms with E-state index < -0.39 is 0 Å². The quantitative estimate of drug-likeness (QED) is 0.736. The molecule has 0 bridgehead atoms. The third kappa shape index (κ3) is 3.94. The number of nitrogens with zero attached hydrogens (tertiary/aromatic N) is 1. The van der Waals surface area contributed by atoms with Gasteiger partial charge in [0.2, 0.25) is 11.8 Å². The molecule has 2 aromatic carbocycles. The van der Waals surface area contributed by atoms with Crippen LogP contribution in [0.4, 0.5) is 11.4 Å². The largest absolute Gasteiger partial charge is 0.325 e. The van der Waals surface area contributed by atoms with Crippen molar-refractivity contribution in [3.63, 3.8) is 0 Å². The lowest BCUT2D eigenvalue weighted by Crippen LogP contribution is -2.28. The van der Waals surface area contributed by atoms with Crippen molar-refractivity contribution < 1.29 is 9.59 Å². The summed E-state index contributed by atoms with van der Waals surface area (Å²) >= 11 is 9.49. The molecule has 6 heteroatoms. The van der Waals surface area contributed by atoms with Crippen molar-refractivity contribution in [2.75, 3.05) is 16.8 Å². The Morgan fingerprint density at radius 2 is 1.81 bits per heavy atom. The van der Waals surface area contributed by atoms with Crippen molar-refractivity contribution in [3.05, 3.63) is 56.5 Å². The molecule has 0 radical (unpaired) electrons. The summed E-state index contributed by atoms with van der Waals surface area (Å²) in [6, 6.07) is 9.60. The fourth-order valence-corrected chi connectivity index (χ4v) is 3.88. The molecule has 0 aromatic heterocycles. The van der Waals surface area contributed by atoms with E-state index in [1.54, 1.807) is 11.0 Å². The number of amides is 2. The van der Waals surface area contributed by atoms with Gasteiger partial charge in [-0.3, -0.25) is 9.59 Å². The summed E-state index contributed by atoms with van der Waals surface area (Å²) in [4.78, 5) is 26.8. The molecule has 2 aromatic rings. The van der Waals surface area contributed by atoms with E-state index in [1.807, 2.05) is 39.0 Å². The van der Waals surface area contributed by atoms with E-state index in [-0.39, 0.29) is 24.2 Å². The summed E-state index contributed by atoms with van der Waals surface area (Å²) in [5, 5.41) is 3.45. The number of hydrogen-bond acceptors (Lipinski definition) is 2. The Morgan fingerprint density at radius 3 is 2.46 bits per heavy atom. The van der Waals surface area contributed by atoms with E-state index in [0.717, 1.165) is 26.9 Å². The lowest BCUT2D eigenvalue weighted by Gasteiger charge is -2.18. The third-order valence-corrected chi connectivity index (χ3v) is 5.74. The van der Waals surface area contributed by atoms with Gasteiger partial charge >= 0.3 is 0 Å². The maximum atomic E-state index is 12.7. The van der Waals surface area contributed by atoms with Crippen LogP contribution in [-0.4, -0.2) is 18.4 Å². The van der Waals surface area contributed by atoms with Crippen LogP contribution in [0.3, 0.4) is 0 Å². The minimum atomic E-state index is -0.384. The summed E-state index contributed by atoms with van der Waals surface area (Å²) in [7, 11) is 0. The average Bonchev–Trinajstić information content (AvgIpc) is 2.93. The van der Waals surface area contributed by atoms with E-state index in [2.05, 4.69) is 27.3 Å². The minimum absolute atomic E-state index is 0.0271. The van der Waals surface area contributed by atoms with Gasteiger partial charge in [0.05, 0.1) is 10.9 Å². The second-order valence-electron chi connectivity index (χ2n) is 6.82. The first kappa shape index (κ1) is 18.9. The Morgan fingerprint density at radius 1 is 1.15 bits per heavy atom. The number of anilines is 2. The number of nitrogens with one attached hydrogen (secondary N) is 1. The maximum absolute atomic E-state index is 12.7.